The molecule has 1 aromatic rings. The number of hydrogen-bond donors (Lipinski definition) is 4. The Hall–Kier alpha value is -1.29. The number of nitrogens with zero attached hydrogens (tertiary/aromatic N) is 2. The Morgan fingerprint density at radius 2 is 2.16 bits per heavy atom. The van der Waals surface area contributed by atoms with Gasteiger partial charge in [0, 0.05) is 6.20 Å². The number of aliphatic hydroxyl groups excluding tert-OH is 1. The van der Waals surface area contributed by atoms with Gasteiger partial charge in [0.1, 0.15) is 12.2 Å². The maximum absolute atomic E-state index is 11.4. The molecule has 110 valence electrons. The monoisotopic (exact) mass is 297 g/mol. The number of nitrogen functional groups attached to an aromatic ring is 1. The van der Waals surface area contributed by atoms with E-state index in [1.165, 1.54) is 12.3 Å². The van der Waals surface area contributed by atoms with Crippen LogP contribution in [0.15, 0.2) is 17.1 Å². The molecule has 0 aliphatic carbocycles. The van der Waals surface area contributed by atoms with E-state index in [0.29, 0.717) is 0 Å². The van der Waals surface area contributed by atoms with Gasteiger partial charge in [-0.15, -0.1) is 0 Å². The van der Waals surface area contributed by atoms with Gasteiger partial charge in [-0.3, -0.25) is 9.13 Å². The third-order valence-electron chi connectivity index (χ3n) is 1.98. The summed E-state index contributed by atoms with van der Waals surface area (Å²) in [6, 6.07) is 1.39. The van der Waals surface area contributed by atoms with E-state index in [4.69, 9.17) is 25.4 Å². The van der Waals surface area contributed by atoms with Gasteiger partial charge in [-0.2, -0.15) is 4.98 Å². The van der Waals surface area contributed by atoms with Crippen molar-refractivity contribution in [2.24, 2.45) is 0 Å². The second-order valence-electron chi connectivity index (χ2n) is 3.55. The molecule has 0 amide bonds. The zero-order valence-electron chi connectivity index (χ0n) is 9.84. The van der Waals surface area contributed by atoms with Gasteiger partial charge >= 0.3 is 13.3 Å². The fourth-order valence-electron chi connectivity index (χ4n) is 1.17. The number of hydrogen-bond acceptors (Lipinski definition) is 6. The van der Waals surface area contributed by atoms with E-state index < -0.39 is 32.3 Å². The molecule has 10 nitrogen and oxygen atoms in total. The van der Waals surface area contributed by atoms with E-state index in [1.807, 2.05) is 0 Å². The maximum Gasteiger partial charge on any atom is 0.350 e. The second kappa shape index (κ2) is 7.34. The van der Waals surface area contributed by atoms with Crippen molar-refractivity contribution in [3.05, 3.63) is 22.7 Å². The summed E-state index contributed by atoms with van der Waals surface area (Å²) in [4.78, 5) is 32.1. The van der Waals surface area contributed by atoms with Gasteiger partial charge in [-0.25, -0.2) is 4.79 Å². The van der Waals surface area contributed by atoms with Crippen LogP contribution in [-0.4, -0.2) is 49.0 Å². The van der Waals surface area contributed by atoms with Crippen LogP contribution in [0.4, 0.5) is 5.82 Å². The average molecular weight is 297 g/mol. The number of rotatable bonds is 6. The second-order valence-corrected chi connectivity index (χ2v) is 5.14. The predicted molar refractivity (Wildman–Crippen MR) is 65.4 cm³/mol. The number of nitrogens with two attached hydrogens (primary N) is 1. The van der Waals surface area contributed by atoms with Crippen LogP contribution in [0.2, 0.25) is 0 Å². The fraction of sp³-hybridized carbons (Fsp3) is 0.500. The van der Waals surface area contributed by atoms with E-state index >= 15 is 0 Å². The molecule has 0 spiro atoms. The summed E-state index contributed by atoms with van der Waals surface area (Å²) in [6.07, 6.45) is -0.385. The first-order valence-corrected chi connectivity index (χ1v) is 6.71. The van der Waals surface area contributed by atoms with E-state index in [2.05, 4.69) is 4.98 Å². The Bertz CT molecular complexity index is 499. The van der Waals surface area contributed by atoms with Crippen LogP contribution in [0, 0.1) is 0 Å². The summed E-state index contributed by atoms with van der Waals surface area (Å²) < 4.78 is 16.5. The maximum atomic E-state index is 11.4. The minimum atomic E-state index is -4.31. The molecule has 0 saturated heterocycles. The molecule has 1 atom stereocenters. The SMILES string of the molecule is Nc1ccn(C[C@@H](CO)OCP(=O)(O)O)c(=O)n1.O. The largest absolute Gasteiger partial charge is 0.412 e. The highest BCUT2D eigenvalue weighted by Crippen LogP contribution is 2.34. The zero-order valence-corrected chi connectivity index (χ0v) is 10.7. The molecule has 0 fully saturated rings. The molecule has 0 unspecified atom stereocenters. The summed E-state index contributed by atoms with van der Waals surface area (Å²) >= 11 is 0. The minimum Gasteiger partial charge on any atom is -0.412 e. The number of aromatic nitrogens is 2. The Labute approximate surface area is 107 Å². The standard InChI is InChI=1S/C8H14N3O6P.H2O/c9-7-1-2-11(8(13)10-7)3-6(4-12)17-5-18(14,15)16;/h1-2,6,12H,3-5H2,(H2,9,10,13)(H2,14,15,16);1H2/t6-;/m0./s1. The molecule has 1 aromatic heterocycles. The molecule has 11 heteroatoms. The first kappa shape index (κ1) is 17.7. The summed E-state index contributed by atoms with van der Waals surface area (Å²) in [5, 5.41) is 8.99. The molecule has 0 aliphatic heterocycles. The predicted octanol–water partition coefficient (Wildman–Crippen LogP) is -2.49. The van der Waals surface area contributed by atoms with Crippen molar-refractivity contribution >= 4 is 13.4 Å². The molecule has 0 aromatic carbocycles. The van der Waals surface area contributed by atoms with Crippen LogP contribution >= 0.6 is 7.60 Å². The molecule has 7 N–H and O–H groups in total. The molecule has 1 rings (SSSR count). The molecular weight excluding hydrogens is 281 g/mol. The molecular formula is C8H16N3O7P. The van der Waals surface area contributed by atoms with E-state index in [0.717, 1.165) is 4.57 Å². The average Bonchev–Trinajstić information content (AvgIpc) is 2.25. The van der Waals surface area contributed by atoms with E-state index in [9.17, 15) is 9.36 Å². The highest BCUT2D eigenvalue weighted by atomic mass is 31.2. The fourth-order valence-corrected chi connectivity index (χ4v) is 1.57. The van der Waals surface area contributed by atoms with E-state index in [1.54, 1.807) is 0 Å². The number of ether oxygens (including phenoxy) is 1. The van der Waals surface area contributed by atoms with Crippen molar-refractivity contribution in [1.82, 2.24) is 9.55 Å². The third-order valence-corrected chi connectivity index (χ3v) is 2.46. The van der Waals surface area contributed by atoms with Gasteiger partial charge in [0.05, 0.1) is 19.3 Å². The lowest BCUT2D eigenvalue weighted by Gasteiger charge is -2.16. The lowest BCUT2D eigenvalue weighted by atomic mass is 10.3. The molecule has 19 heavy (non-hydrogen) atoms. The molecule has 1 heterocycles. The highest BCUT2D eigenvalue weighted by Gasteiger charge is 2.18. The van der Waals surface area contributed by atoms with Gasteiger partial charge in [-0.05, 0) is 6.07 Å². The van der Waals surface area contributed by atoms with Crippen molar-refractivity contribution in [1.29, 1.82) is 0 Å². The molecule has 0 radical (unpaired) electrons. The van der Waals surface area contributed by atoms with Crippen LogP contribution in [0.5, 0.6) is 0 Å². The van der Waals surface area contributed by atoms with Crippen LogP contribution in [0.3, 0.4) is 0 Å². The number of aliphatic hydroxyl groups is 1. The van der Waals surface area contributed by atoms with Crippen molar-refractivity contribution < 1.29 is 29.7 Å². The normalized spacial score (nSPS) is 12.8. The van der Waals surface area contributed by atoms with Crippen LogP contribution in [-0.2, 0) is 15.8 Å². The summed E-state index contributed by atoms with van der Waals surface area (Å²) in [5.74, 6) is 0.0629. The molecule has 0 aliphatic rings. The highest BCUT2D eigenvalue weighted by molar-refractivity contribution is 7.51. The van der Waals surface area contributed by atoms with Crippen LogP contribution in [0.25, 0.3) is 0 Å². The van der Waals surface area contributed by atoms with Gasteiger partial charge in [0.25, 0.3) is 0 Å². The topological polar surface area (TPSA) is 179 Å². The molecule has 0 saturated carbocycles. The quantitative estimate of drug-likeness (QED) is 0.416. The minimum absolute atomic E-state index is 0. The van der Waals surface area contributed by atoms with Gasteiger partial charge in [0.2, 0.25) is 0 Å². The van der Waals surface area contributed by atoms with Gasteiger partial charge in [-0.1, -0.05) is 0 Å². The van der Waals surface area contributed by atoms with E-state index in [-0.39, 0.29) is 17.8 Å². The zero-order chi connectivity index (χ0) is 13.8. The number of anilines is 1. The van der Waals surface area contributed by atoms with Gasteiger partial charge < -0.3 is 30.8 Å². The summed E-state index contributed by atoms with van der Waals surface area (Å²) in [5.41, 5.74) is 4.67. The van der Waals surface area contributed by atoms with Gasteiger partial charge in [0.15, 0.2) is 0 Å². The summed E-state index contributed by atoms with van der Waals surface area (Å²) in [6.45, 7) is -0.570. The third kappa shape index (κ3) is 6.43. The van der Waals surface area contributed by atoms with Crippen molar-refractivity contribution in [2.75, 3.05) is 18.7 Å². The Kier molecular flexibility index (Phi) is 6.84. The van der Waals surface area contributed by atoms with Crippen molar-refractivity contribution in [3.63, 3.8) is 0 Å². The lowest BCUT2D eigenvalue weighted by molar-refractivity contribution is 0.0188. The Morgan fingerprint density at radius 1 is 1.53 bits per heavy atom. The Morgan fingerprint density at radius 3 is 2.63 bits per heavy atom. The van der Waals surface area contributed by atoms with Crippen molar-refractivity contribution in [2.45, 2.75) is 12.6 Å². The van der Waals surface area contributed by atoms with Crippen molar-refractivity contribution in [3.8, 4) is 0 Å². The Balaban J connectivity index is 0.00000324. The lowest BCUT2D eigenvalue weighted by Crippen LogP contribution is -2.32. The summed E-state index contributed by atoms with van der Waals surface area (Å²) in [7, 11) is -4.31. The van der Waals surface area contributed by atoms with Crippen LogP contribution in [0.1, 0.15) is 0 Å². The van der Waals surface area contributed by atoms with Crippen LogP contribution < -0.4 is 11.4 Å². The smallest absolute Gasteiger partial charge is 0.350 e. The first-order valence-electron chi connectivity index (χ1n) is 4.92. The first-order chi connectivity index (χ1) is 8.31. The molecule has 0 bridgehead atoms.